The van der Waals surface area contributed by atoms with Crippen molar-refractivity contribution in [1.82, 2.24) is 5.32 Å². The molecular weight excluding hydrogens is 490 g/mol. The van der Waals surface area contributed by atoms with Crippen molar-refractivity contribution in [3.63, 3.8) is 0 Å². The fourth-order valence-electron chi connectivity index (χ4n) is 5.52. The Morgan fingerprint density at radius 1 is 1.18 bits per heavy atom. The number of thiophene rings is 2. The summed E-state index contributed by atoms with van der Waals surface area (Å²) in [6.07, 6.45) is 8.69. The highest BCUT2D eigenvalue weighted by Crippen LogP contribution is 2.62. The molecule has 0 aromatic carbocycles. The van der Waals surface area contributed by atoms with Gasteiger partial charge in [0.1, 0.15) is 8.42 Å². The Morgan fingerprint density at radius 3 is 2.65 bits per heavy atom. The van der Waals surface area contributed by atoms with Gasteiger partial charge in [-0.05, 0) is 78.9 Å². The van der Waals surface area contributed by atoms with Crippen LogP contribution in [0.15, 0.2) is 50.2 Å². The molecule has 2 heterocycles. The van der Waals surface area contributed by atoms with Crippen LogP contribution in [-0.2, 0) is 14.6 Å². The first-order valence-corrected chi connectivity index (χ1v) is 14.8. The lowest BCUT2D eigenvalue weighted by atomic mass is 9.44. The minimum Gasteiger partial charge on any atom is -0.481 e. The molecule has 9 heteroatoms. The van der Waals surface area contributed by atoms with Gasteiger partial charge in [0.25, 0.3) is 5.91 Å². The van der Waals surface area contributed by atoms with Gasteiger partial charge in [0.2, 0.25) is 9.84 Å². The highest BCUT2D eigenvalue weighted by Gasteiger charge is 2.57. The summed E-state index contributed by atoms with van der Waals surface area (Å²) in [5.41, 5.74) is 0.258. The lowest BCUT2D eigenvalue weighted by Crippen LogP contribution is -2.61. The third kappa shape index (κ3) is 5.02. The van der Waals surface area contributed by atoms with Gasteiger partial charge in [-0.15, -0.1) is 22.7 Å². The zero-order valence-electron chi connectivity index (χ0n) is 19.4. The minimum atomic E-state index is -3.58. The highest BCUT2D eigenvalue weighted by atomic mass is 32.3. The molecule has 2 N–H and O–H groups in total. The molecule has 2 aromatic heterocycles. The molecular formula is C25H31NO5S3. The molecule has 2 aromatic rings. The smallest absolute Gasteiger partial charge is 0.303 e. The minimum absolute atomic E-state index is 0.0485. The van der Waals surface area contributed by atoms with E-state index in [0.717, 1.165) is 30.6 Å². The summed E-state index contributed by atoms with van der Waals surface area (Å²) in [4.78, 5) is 24.2. The van der Waals surface area contributed by atoms with Crippen molar-refractivity contribution in [3.8, 4) is 0 Å². The van der Waals surface area contributed by atoms with E-state index in [1.54, 1.807) is 23.6 Å². The van der Waals surface area contributed by atoms with Crippen molar-refractivity contribution >= 4 is 44.4 Å². The molecule has 0 spiro atoms. The Labute approximate surface area is 209 Å². The third-order valence-electron chi connectivity index (χ3n) is 7.60. The van der Waals surface area contributed by atoms with E-state index in [2.05, 4.69) is 31.3 Å². The molecule has 0 aliphatic heterocycles. The number of carboxylic acids is 1. The van der Waals surface area contributed by atoms with E-state index in [4.69, 9.17) is 5.11 Å². The van der Waals surface area contributed by atoms with Crippen LogP contribution in [0.25, 0.3) is 0 Å². The standard InChI is InChI=1S/C25H31NO5S3/c1-25(2)16-14-18(25)17(8-5-3-4-6-9-21(27)28)19(15-16)26-24(29)20-11-12-23(33-20)34(30,31)22-10-7-13-32-22/h3,5,7,10-13,16-19H,4,6,8-9,14-15H2,1-2H3,(H,26,29)(H,27,28)/b5-3+/t16-,17-,18+,19-/m0/s1. The molecule has 0 radical (unpaired) electrons. The lowest BCUT2D eigenvalue weighted by Gasteiger charge is -2.62. The predicted molar refractivity (Wildman–Crippen MR) is 134 cm³/mol. The Balaban J connectivity index is 1.42. The number of hydrogen-bond acceptors (Lipinski definition) is 6. The molecule has 3 aliphatic carbocycles. The number of unbranched alkanes of at least 4 members (excludes halogenated alkanes) is 1. The first kappa shape index (κ1) is 25.1. The Hall–Kier alpha value is -1.97. The maximum absolute atomic E-state index is 13.1. The first-order chi connectivity index (χ1) is 16.1. The predicted octanol–water partition coefficient (Wildman–Crippen LogP) is 5.62. The lowest BCUT2D eigenvalue weighted by molar-refractivity contribution is -0.137. The number of carbonyl (C=O) groups excluding carboxylic acids is 1. The second-order valence-corrected chi connectivity index (χ2v) is 14.3. The number of carboxylic acid groups (broad SMARTS) is 1. The molecule has 6 nitrogen and oxygen atoms in total. The molecule has 3 aliphatic rings. The van der Waals surface area contributed by atoms with Gasteiger partial charge in [-0.3, -0.25) is 9.59 Å². The van der Waals surface area contributed by atoms with Crippen LogP contribution in [0.1, 0.15) is 62.0 Å². The number of hydrogen-bond donors (Lipinski definition) is 2. The van der Waals surface area contributed by atoms with Crippen LogP contribution in [0, 0.1) is 23.2 Å². The summed E-state index contributed by atoms with van der Waals surface area (Å²) in [6.45, 7) is 4.63. The number of amides is 1. The van der Waals surface area contributed by atoms with Gasteiger partial charge < -0.3 is 10.4 Å². The largest absolute Gasteiger partial charge is 0.481 e. The average molecular weight is 522 g/mol. The SMILES string of the molecule is CC1(C)[C@@H]2C[C@H](NC(=O)c3ccc(S(=O)(=O)c4cccs4)s3)[C@@H](C/C=C/CCCC(=O)O)[C@H]1C2. The van der Waals surface area contributed by atoms with Crippen molar-refractivity contribution in [2.75, 3.05) is 0 Å². The van der Waals surface area contributed by atoms with Gasteiger partial charge in [-0.2, -0.15) is 0 Å². The first-order valence-electron chi connectivity index (χ1n) is 11.7. The number of rotatable bonds is 10. The molecule has 3 fully saturated rings. The maximum atomic E-state index is 13.1. The van der Waals surface area contributed by atoms with Gasteiger partial charge in [0.05, 0.1) is 4.88 Å². The summed E-state index contributed by atoms with van der Waals surface area (Å²) < 4.78 is 26.0. The van der Waals surface area contributed by atoms with E-state index in [0.29, 0.717) is 29.1 Å². The van der Waals surface area contributed by atoms with Gasteiger partial charge in [0.15, 0.2) is 0 Å². The van der Waals surface area contributed by atoms with Crippen molar-refractivity contribution in [1.29, 1.82) is 0 Å². The van der Waals surface area contributed by atoms with Crippen LogP contribution >= 0.6 is 22.7 Å². The summed E-state index contributed by atoms with van der Waals surface area (Å²) >= 11 is 2.19. The molecule has 5 rings (SSSR count). The van der Waals surface area contributed by atoms with Crippen LogP contribution in [0.3, 0.4) is 0 Å². The van der Waals surface area contributed by atoms with Crippen molar-refractivity contribution < 1.29 is 23.1 Å². The summed E-state index contributed by atoms with van der Waals surface area (Å²) in [7, 11) is -3.58. The normalized spacial score (nSPS) is 25.7. The number of carbonyl (C=O) groups is 2. The Bertz CT molecular complexity index is 1160. The number of aliphatic carboxylic acids is 1. The number of allylic oxidation sites excluding steroid dienone is 2. The second kappa shape index (κ2) is 9.95. The van der Waals surface area contributed by atoms with Crippen molar-refractivity contribution in [2.24, 2.45) is 23.2 Å². The topological polar surface area (TPSA) is 101 Å². The van der Waals surface area contributed by atoms with E-state index >= 15 is 0 Å². The number of fused-ring (bicyclic) bond motifs is 2. The Morgan fingerprint density at radius 2 is 1.97 bits per heavy atom. The summed E-state index contributed by atoms with van der Waals surface area (Å²) in [6, 6.07) is 6.45. The zero-order chi connectivity index (χ0) is 24.5. The van der Waals surface area contributed by atoms with Gasteiger partial charge >= 0.3 is 5.97 Å². The molecule has 184 valence electrons. The monoisotopic (exact) mass is 521 g/mol. The van der Waals surface area contributed by atoms with Gasteiger partial charge in [-0.1, -0.05) is 32.1 Å². The van der Waals surface area contributed by atoms with Crippen LogP contribution in [0.2, 0.25) is 0 Å². The zero-order valence-corrected chi connectivity index (χ0v) is 21.8. The van der Waals surface area contributed by atoms with Crippen LogP contribution in [-0.4, -0.2) is 31.4 Å². The molecule has 1 amide bonds. The average Bonchev–Trinajstić information content (AvgIpc) is 3.49. The summed E-state index contributed by atoms with van der Waals surface area (Å²) in [5.74, 6) is 0.437. The quantitative estimate of drug-likeness (QED) is 0.312. The summed E-state index contributed by atoms with van der Waals surface area (Å²) in [5, 5.41) is 13.7. The highest BCUT2D eigenvalue weighted by molar-refractivity contribution is 7.95. The van der Waals surface area contributed by atoms with Crippen LogP contribution < -0.4 is 5.32 Å². The molecule has 0 saturated heterocycles. The molecule has 4 atom stereocenters. The van der Waals surface area contributed by atoms with Gasteiger partial charge in [-0.25, -0.2) is 8.42 Å². The van der Waals surface area contributed by atoms with E-state index in [1.807, 2.05) is 0 Å². The van der Waals surface area contributed by atoms with Crippen molar-refractivity contribution in [2.45, 2.75) is 66.8 Å². The van der Waals surface area contributed by atoms with Crippen LogP contribution in [0.4, 0.5) is 0 Å². The number of sulfone groups is 1. The fraction of sp³-hybridized carbons (Fsp3) is 0.520. The maximum Gasteiger partial charge on any atom is 0.303 e. The number of nitrogens with one attached hydrogen (secondary N) is 1. The van der Waals surface area contributed by atoms with Crippen LogP contribution in [0.5, 0.6) is 0 Å². The molecule has 3 saturated carbocycles. The van der Waals surface area contributed by atoms with E-state index in [-0.39, 0.29) is 32.2 Å². The Kier molecular flexibility index (Phi) is 7.36. The van der Waals surface area contributed by atoms with E-state index in [9.17, 15) is 18.0 Å². The van der Waals surface area contributed by atoms with Crippen molar-refractivity contribution in [3.05, 3.63) is 46.7 Å². The molecule has 2 bridgehead atoms. The second-order valence-electron chi connectivity index (χ2n) is 9.89. The van der Waals surface area contributed by atoms with E-state index in [1.165, 1.54) is 23.8 Å². The molecule has 0 unspecified atom stereocenters. The van der Waals surface area contributed by atoms with E-state index < -0.39 is 15.8 Å². The third-order valence-corrected chi connectivity index (χ3v) is 12.3. The van der Waals surface area contributed by atoms with Gasteiger partial charge in [0, 0.05) is 12.5 Å². The molecule has 34 heavy (non-hydrogen) atoms. The fourth-order valence-corrected chi connectivity index (χ4v) is 9.39.